The monoisotopic (exact) mass is 573 g/mol. The van der Waals surface area contributed by atoms with Gasteiger partial charge in [-0.2, -0.15) is 0 Å². The van der Waals surface area contributed by atoms with E-state index < -0.39 is 11.7 Å². The zero-order chi connectivity index (χ0) is 29.9. The van der Waals surface area contributed by atoms with Gasteiger partial charge in [0.25, 0.3) is 0 Å². The lowest BCUT2D eigenvalue weighted by atomic mass is 9.81. The number of carbonyl (C=O) groups excluding carboxylic acids is 3. The largest absolute Gasteiger partial charge is 0.449 e. The van der Waals surface area contributed by atoms with Crippen LogP contribution in [0.4, 0.5) is 4.79 Å². The third kappa shape index (κ3) is 12.6. The second-order valence-corrected chi connectivity index (χ2v) is 12.2. The molecule has 2 rings (SSSR count). The molecule has 1 fully saturated rings. The maximum atomic E-state index is 12.7. The van der Waals surface area contributed by atoms with E-state index >= 15 is 0 Å². The number of hydrogen-bond donors (Lipinski definition) is 0. The Morgan fingerprint density at radius 2 is 1.61 bits per heavy atom. The second kappa shape index (κ2) is 19.8. The summed E-state index contributed by atoms with van der Waals surface area (Å²) in [5.41, 5.74) is 0.00668. The summed E-state index contributed by atoms with van der Waals surface area (Å²) in [6.07, 6.45) is 22.3. The lowest BCUT2D eigenvalue weighted by Crippen LogP contribution is -2.42. The molecule has 232 valence electrons. The van der Waals surface area contributed by atoms with Gasteiger partial charge < -0.3 is 14.3 Å². The predicted octanol–water partition coefficient (Wildman–Crippen LogP) is 7.48. The number of aryl methyl sites for hydroxylation is 1. The quantitative estimate of drug-likeness (QED) is 0.0866. The van der Waals surface area contributed by atoms with Crippen LogP contribution in [0.3, 0.4) is 0 Å². The first-order valence-electron chi connectivity index (χ1n) is 16.3. The molecule has 3 atom stereocenters. The molecule has 0 saturated carbocycles. The smallest absolute Gasteiger partial charge is 0.417 e. The highest BCUT2D eigenvalue weighted by Gasteiger charge is 2.45. The molecule has 0 radical (unpaired) electrons. The minimum atomic E-state index is -0.814. The van der Waals surface area contributed by atoms with Crippen LogP contribution in [0.5, 0.6) is 0 Å². The summed E-state index contributed by atoms with van der Waals surface area (Å²) in [5.74, 6) is -0.319. The highest BCUT2D eigenvalue weighted by molar-refractivity contribution is 5.90. The maximum Gasteiger partial charge on any atom is 0.417 e. The van der Waals surface area contributed by atoms with Crippen molar-refractivity contribution in [1.82, 2.24) is 4.90 Å². The van der Waals surface area contributed by atoms with Crippen LogP contribution in [0.15, 0.2) is 24.4 Å². The van der Waals surface area contributed by atoms with Crippen molar-refractivity contribution in [2.45, 2.75) is 136 Å². The molecule has 41 heavy (non-hydrogen) atoms. The second-order valence-electron chi connectivity index (χ2n) is 12.2. The number of pyridine rings is 1. The summed E-state index contributed by atoms with van der Waals surface area (Å²) in [6.45, 7) is 6.38. The highest BCUT2D eigenvalue weighted by Crippen LogP contribution is 2.37. The summed E-state index contributed by atoms with van der Waals surface area (Å²) < 4.78 is 13.4. The number of imide groups is 1. The molecule has 1 aromatic heterocycles. The van der Waals surface area contributed by atoms with Crippen LogP contribution in [0, 0.1) is 11.8 Å². The van der Waals surface area contributed by atoms with Crippen LogP contribution < -0.4 is 4.57 Å². The van der Waals surface area contributed by atoms with Crippen molar-refractivity contribution in [3.8, 4) is 0 Å². The van der Waals surface area contributed by atoms with E-state index in [4.69, 9.17) is 9.47 Å². The first-order chi connectivity index (χ1) is 19.8. The van der Waals surface area contributed by atoms with Crippen LogP contribution in [0.25, 0.3) is 0 Å². The molecule has 7 nitrogen and oxygen atoms in total. The summed E-state index contributed by atoms with van der Waals surface area (Å²) in [4.78, 5) is 38.2. The Morgan fingerprint density at radius 3 is 2.15 bits per heavy atom. The summed E-state index contributed by atoms with van der Waals surface area (Å²) >= 11 is 0. The molecular formula is C34H57N2O5+. The molecule has 0 bridgehead atoms. The Bertz CT molecular complexity index is 907. The molecule has 0 aromatic carbocycles. The van der Waals surface area contributed by atoms with Crippen molar-refractivity contribution in [2.24, 2.45) is 18.9 Å². The van der Waals surface area contributed by atoms with Gasteiger partial charge in [0.1, 0.15) is 19.2 Å². The van der Waals surface area contributed by atoms with Gasteiger partial charge in [0.15, 0.2) is 12.5 Å². The van der Waals surface area contributed by atoms with E-state index in [1.54, 1.807) is 0 Å². The molecule has 1 aliphatic heterocycles. The van der Waals surface area contributed by atoms with Crippen LogP contribution >= 0.6 is 0 Å². The number of amides is 2. The van der Waals surface area contributed by atoms with Crippen molar-refractivity contribution >= 4 is 18.3 Å². The summed E-state index contributed by atoms with van der Waals surface area (Å²) in [6, 6.07) is 5.62. The average Bonchev–Trinajstić information content (AvgIpc) is 3.40. The van der Waals surface area contributed by atoms with Crippen molar-refractivity contribution < 1.29 is 28.4 Å². The van der Waals surface area contributed by atoms with Gasteiger partial charge in [0.05, 0.1) is 13.2 Å². The number of carbonyl (C=O) groups is 3. The van der Waals surface area contributed by atoms with Gasteiger partial charge in [0, 0.05) is 25.0 Å². The zero-order valence-electron chi connectivity index (χ0n) is 26.4. The summed E-state index contributed by atoms with van der Waals surface area (Å²) in [7, 11) is 1.87. The topological polar surface area (TPSA) is 76.8 Å². The van der Waals surface area contributed by atoms with E-state index in [-0.39, 0.29) is 30.9 Å². The van der Waals surface area contributed by atoms with Crippen LogP contribution in [-0.2, 0) is 32.7 Å². The Hall–Kier alpha value is -2.28. The van der Waals surface area contributed by atoms with E-state index in [0.717, 1.165) is 29.7 Å². The lowest BCUT2D eigenvalue weighted by molar-refractivity contribution is -0.679. The molecule has 1 saturated heterocycles. The number of aromatic nitrogens is 1. The average molecular weight is 574 g/mol. The van der Waals surface area contributed by atoms with Crippen LogP contribution in [0.2, 0.25) is 0 Å². The number of nitrogens with zero attached hydrogens (tertiary/aromatic N) is 2. The minimum absolute atomic E-state index is 0.0652. The standard InChI is InChI=1S/C34H57N2O5/c1-5-6-7-8-9-10-11-12-13-14-15-16-17-18-21-29(2)34(28-37)24-31(27-41-34)26-40-33(39)36(30(3)38)25-32-22-19-20-23-35(32)4/h19-20,22-23,28-29,31H,5-18,21,24-27H2,1-4H3/q+1/t29-,31-,34-/m0/s1. The molecular weight excluding hydrogens is 516 g/mol. The first-order valence-corrected chi connectivity index (χ1v) is 16.3. The lowest BCUT2D eigenvalue weighted by Gasteiger charge is -2.29. The van der Waals surface area contributed by atoms with Crippen molar-refractivity contribution in [2.75, 3.05) is 13.2 Å². The van der Waals surface area contributed by atoms with Gasteiger partial charge in [-0.05, 0) is 18.8 Å². The van der Waals surface area contributed by atoms with Crippen LogP contribution in [-0.4, -0.2) is 42.0 Å². The molecule has 1 aromatic rings. The highest BCUT2D eigenvalue weighted by atomic mass is 16.6. The van der Waals surface area contributed by atoms with Gasteiger partial charge in [-0.25, -0.2) is 14.3 Å². The third-order valence-electron chi connectivity index (χ3n) is 8.75. The Balaban J connectivity index is 1.62. The predicted molar refractivity (Wildman–Crippen MR) is 162 cm³/mol. The van der Waals surface area contributed by atoms with E-state index in [2.05, 4.69) is 13.8 Å². The fraction of sp³-hybridized carbons (Fsp3) is 0.765. The summed E-state index contributed by atoms with van der Waals surface area (Å²) in [5, 5.41) is 0. The molecule has 2 amide bonds. The van der Waals surface area contributed by atoms with Crippen molar-refractivity contribution in [3.05, 3.63) is 30.1 Å². The maximum absolute atomic E-state index is 12.7. The van der Waals surface area contributed by atoms with E-state index in [9.17, 15) is 14.4 Å². The van der Waals surface area contributed by atoms with Crippen LogP contribution in [0.1, 0.15) is 129 Å². The zero-order valence-corrected chi connectivity index (χ0v) is 26.4. The van der Waals surface area contributed by atoms with Gasteiger partial charge >= 0.3 is 6.09 Å². The number of ether oxygens (including phenoxy) is 2. The van der Waals surface area contributed by atoms with E-state index in [1.165, 1.54) is 90.4 Å². The number of hydrogen-bond acceptors (Lipinski definition) is 5. The molecule has 0 aliphatic carbocycles. The SMILES string of the molecule is CCCCCCCCCCCCCCCC[C@H](C)[C@@]1(C=O)C[C@@H](COC(=O)N(Cc2cccc[n+]2C)C(C)=O)CO1. The fourth-order valence-electron chi connectivity index (χ4n) is 5.84. The Kier molecular flexibility index (Phi) is 16.8. The Labute approximate surface area is 249 Å². The number of rotatable bonds is 21. The molecule has 7 heteroatoms. The molecule has 1 aliphatic rings. The first kappa shape index (κ1) is 34.9. The van der Waals surface area contributed by atoms with Gasteiger partial charge in [-0.1, -0.05) is 110 Å². The van der Waals surface area contributed by atoms with Crippen molar-refractivity contribution in [3.63, 3.8) is 0 Å². The van der Waals surface area contributed by atoms with Crippen molar-refractivity contribution in [1.29, 1.82) is 0 Å². The molecule has 0 unspecified atom stereocenters. The molecule has 0 N–H and O–H groups in total. The van der Waals surface area contributed by atoms with E-state index in [1.807, 2.05) is 36.0 Å². The third-order valence-corrected chi connectivity index (χ3v) is 8.75. The van der Waals surface area contributed by atoms with Gasteiger partial charge in [-0.15, -0.1) is 0 Å². The van der Waals surface area contributed by atoms with Gasteiger partial charge in [-0.3, -0.25) is 4.79 Å². The molecule has 2 heterocycles. The normalized spacial score (nSPS) is 19.2. The minimum Gasteiger partial charge on any atom is -0.449 e. The van der Waals surface area contributed by atoms with E-state index in [0.29, 0.717) is 13.0 Å². The number of unbranched alkanes of at least 4 members (excludes halogenated alkanes) is 13. The Morgan fingerprint density at radius 1 is 1.02 bits per heavy atom. The fourth-order valence-corrected chi connectivity index (χ4v) is 5.84. The molecule has 0 spiro atoms. The van der Waals surface area contributed by atoms with Gasteiger partial charge in [0.2, 0.25) is 11.6 Å². The number of aldehydes is 1.